The summed E-state index contributed by atoms with van der Waals surface area (Å²) in [6, 6.07) is 17.6. The third kappa shape index (κ3) is 8.74. The summed E-state index contributed by atoms with van der Waals surface area (Å²) in [5.41, 5.74) is 0.821. The van der Waals surface area contributed by atoms with Crippen molar-refractivity contribution < 1.29 is 50.5 Å². The number of hydrogen-bond acceptors (Lipinski definition) is 10. The van der Waals surface area contributed by atoms with Gasteiger partial charge in [-0.15, -0.1) is 5.01 Å². The van der Waals surface area contributed by atoms with Gasteiger partial charge in [0.05, 0.1) is 39.4 Å². The van der Waals surface area contributed by atoms with Gasteiger partial charge in [-0.05, 0) is 61.7 Å². The van der Waals surface area contributed by atoms with Crippen molar-refractivity contribution in [2.45, 2.75) is 44.3 Å². The van der Waals surface area contributed by atoms with E-state index in [1.165, 1.54) is 31.3 Å². The van der Waals surface area contributed by atoms with E-state index in [1.807, 2.05) is 20.8 Å². The number of nitrogens with zero attached hydrogens (tertiary/aromatic N) is 6. The number of carbonyl (C=O) groups excluding carboxylic acids is 3. The minimum Gasteiger partial charge on any atom is -0.569 e. The summed E-state index contributed by atoms with van der Waals surface area (Å²) in [6.45, 7) is 4.38. The number of halogens is 3. The summed E-state index contributed by atoms with van der Waals surface area (Å²) in [6.07, 6.45) is -5.82. The van der Waals surface area contributed by atoms with Crippen LogP contribution < -0.4 is 4.72 Å². The molecule has 5 rings (SSSR count). The minimum absolute atomic E-state index is 0.0301. The summed E-state index contributed by atoms with van der Waals surface area (Å²) < 4.78 is 74.7. The molecule has 3 aromatic carbocycles. The highest BCUT2D eigenvalue weighted by Gasteiger charge is 2.37. The molecule has 19 heteroatoms. The molecule has 1 N–H and O–H groups in total. The molecule has 2 heterocycles. The highest BCUT2D eigenvalue weighted by atomic mass is 32.2. The molecule has 0 bridgehead atoms. The Balaban J connectivity index is 1.22. The molecule has 0 fully saturated rings. The molecule has 0 unspecified atom stereocenters. The van der Waals surface area contributed by atoms with Gasteiger partial charge in [0.25, 0.3) is 21.8 Å². The maximum Gasteiger partial charge on any atom is 0.435 e. The number of amides is 3. The number of ether oxygens (including phenoxy) is 1. The predicted octanol–water partition coefficient (Wildman–Crippen LogP) is 5.69. The monoisotopic (exact) mass is 757 g/mol. The average Bonchev–Trinajstić information content (AvgIpc) is 3.66. The number of hydrazine groups is 1. The van der Waals surface area contributed by atoms with Crippen molar-refractivity contribution in [3.8, 4) is 16.9 Å². The van der Waals surface area contributed by atoms with E-state index < -0.39 is 64.1 Å². The van der Waals surface area contributed by atoms with Crippen LogP contribution in [0.2, 0.25) is 0 Å². The third-order valence-electron chi connectivity index (χ3n) is 8.10. The van der Waals surface area contributed by atoms with Crippen LogP contribution in [0, 0.1) is 18.0 Å². The zero-order valence-electron chi connectivity index (χ0n) is 28.8. The Morgan fingerprint density at radius 3 is 2.19 bits per heavy atom. The van der Waals surface area contributed by atoms with Crippen molar-refractivity contribution in [3.05, 3.63) is 106 Å². The van der Waals surface area contributed by atoms with E-state index in [9.17, 15) is 41.2 Å². The van der Waals surface area contributed by atoms with Gasteiger partial charge in [0.15, 0.2) is 5.69 Å². The Morgan fingerprint density at radius 1 is 1.02 bits per heavy atom. The number of imide groups is 1. The first kappa shape index (κ1) is 38.3. The van der Waals surface area contributed by atoms with E-state index in [0.717, 1.165) is 38.4 Å². The van der Waals surface area contributed by atoms with Crippen LogP contribution >= 0.6 is 0 Å². The van der Waals surface area contributed by atoms with Gasteiger partial charge in [-0.2, -0.15) is 18.3 Å². The van der Waals surface area contributed by atoms with Crippen LogP contribution in [0.5, 0.6) is 0 Å². The molecule has 3 amide bonds. The summed E-state index contributed by atoms with van der Waals surface area (Å²) in [5.74, 6) is -1.25. The highest BCUT2D eigenvalue weighted by Crippen LogP contribution is 2.33. The predicted molar refractivity (Wildman–Crippen MR) is 180 cm³/mol. The van der Waals surface area contributed by atoms with Crippen molar-refractivity contribution in [1.29, 1.82) is 0 Å². The van der Waals surface area contributed by atoms with Crippen molar-refractivity contribution in [2.75, 3.05) is 20.4 Å². The van der Waals surface area contributed by atoms with E-state index in [4.69, 9.17) is 9.57 Å². The lowest BCUT2D eigenvalue weighted by atomic mass is 10.0. The molecule has 53 heavy (non-hydrogen) atoms. The Hall–Kier alpha value is -5.98. The van der Waals surface area contributed by atoms with Gasteiger partial charge in [0, 0.05) is 5.56 Å². The zero-order chi connectivity index (χ0) is 38.7. The summed E-state index contributed by atoms with van der Waals surface area (Å²) in [5, 5.41) is 20.8. The first-order chi connectivity index (χ1) is 25.0. The van der Waals surface area contributed by atoms with Crippen molar-refractivity contribution in [2.24, 2.45) is 11.2 Å². The number of aryl methyl sites for hydroxylation is 1. The van der Waals surface area contributed by atoms with Gasteiger partial charge in [-0.1, -0.05) is 55.8 Å². The van der Waals surface area contributed by atoms with Gasteiger partial charge < -0.3 is 14.8 Å². The topological polar surface area (TPSA) is 179 Å². The molecular weight excluding hydrogens is 723 g/mol. The van der Waals surface area contributed by atoms with Gasteiger partial charge in [0.1, 0.15) is 12.6 Å². The molecule has 0 radical (unpaired) electrons. The normalized spacial score (nSPS) is 14.0. The maximum absolute atomic E-state index is 13.6. The molecule has 280 valence electrons. The van der Waals surface area contributed by atoms with E-state index >= 15 is 0 Å². The van der Waals surface area contributed by atoms with Gasteiger partial charge in [-0.3, -0.25) is 9.59 Å². The summed E-state index contributed by atoms with van der Waals surface area (Å²) in [4.78, 5) is 43.0. The number of carbonyl (C=O) groups is 3. The van der Waals surface area contributed by atoms with Crippen molar-refractivity contribution >= 4 is 27.9 Å². The highest BCUT2D eigenvalue weighted by molar-refractivity contribution is 7.90. The van der Waals surface area contributed by atoms with Crippen LogP contribution in [0.25, 0.3) is 16.9 Å². The fraction of sp³-hybridized carbons (Fsp3) is 0.294. The molecule has 0 saturated heterocycles. The van der Waals surface area contributed by atoms with Crippen LogP contribution in [0.15, 0.2) is 89.0 Å². The first-order valence-corrected chi connectivity index (χ1v) is 17.5. The Morgan fingerprint density at radius 2 is 1.62 bits per heavy atom. The van der Waals surface area contributed by atoms with E-state index in [2.05, 4.69) is 10.4 Å². The van der Waals surface area contributed by atoms with E-state index in [1.54, 1.807) is 41.1 Å². The van der Waals surface area contributed by atoms with Gasteiger partial charge in [-0.25, -0.2) is 27.5 Å². The second kappa shape index (κ2) is 15.3. The minimum atomic E-state index is -4.74. The fourth-order valence-corrected chi connectivity index (χ4v) is 6.23. The van der Waals surface area contributed by atoms with Crippen LogP contribution in [-0.2, 0) is 25.8 Å². The van der Waals surface area contributed by atoms with E-state index in [0.29, 0.717) is 5.56 Å². The Kier molecular flexibility index (Phi) is 11.1. The van der Waals surface area contributed by atoms with E-state index in [-0.39, 0.29) is 39.8 Å². The fourth-order valence-electron chi connectivity index (χ4n) is 5.34. The van der Waals surface area contributed by atoms with Crippen LogP contribution in [-0.4, -0.2) is 77.4 Å². The molecular formula is C34H34F3N7O8S. The molecule has 1 aromatic heterocycles. The molecule has 0 spiro atoms. The van der Waals surface area contributed by atoms with Crippen molar-refractivity contribution in [1.82, 2.24) is 24.4 Å². The van der Waals surface area contributed by atoms with Gasteiger partial charge in [0.2, 0.25) is 12.0 Å². The largest absolute Gasteiger partial charge is 0.569 e. The smallest absolute Gasteiger partial charge is 0.435 e. The lowest BCUT2D eigenvalue weighted by molar-refractivity contribution is -0.713. The van der Waals surface area contributed by atoms with Gasteiger partial charge >= 0.3 is 12.3 Å². The maximum atomic E-state index is 13.6. The Bertz CT molecular complexity index is 2100. The zero-order valence-corrected chi connectivity index (χ0v) is 29.6. The molecule has 0 saturated carbocycles. The number of hydrogen-bond donors (Lipinski definition) is 1. The standard InChI is InChI=1S/C34H34F3N7O8S/c1-21(2)17-25(41(4)44(48)40-52-20-42-31(45)27-7-5-6-8-28(27)32(42)46)19-51-33(47)39-53(49,50)26-15-13-24(14-16-26)43-29(18-30(38-43)34(35,36)37)23-11-9-22(3)10-12-23/h5-16,18,21,25H,17,19-20H2,1-4H3,(H,39,47)/b44-40-/t25-/m0/s1. The number of benzene rings is 3. The second-order valence-electron chi connectivity index (χ2n) is 12.4. The number of sulfonamides is 1. The second-order valence-corrected chi connectivity index (χ2v) is 14.1. The average molecular weight is 758 g/mol. The molecule has 1 aliphatic rings. The molecule has 0 aliphatic carbocycles. The number of likely N-dealkylation sites (N-methyl/N-ethyl adjacent to an activating group) is 1. The number of alkyl halides is 3. The van der Waals surface area contributed by atoms with Crippen LogP contribution in [0.4, 0.5) is 18.0 Å². The number of rotatable bonds is 13. The lowest BCUT2D eigenvalue weighted by Crippen LogP contribution is -2.43. The number of aromatic nitrogens is 2. The Labute approximate surface area is 301 Å². The lowest BCUT2D eigenvalue weighted by Gasteiger charge is -2.25. The molecule has 4 aromatic rings. The summed E-state index contributed by atoms with van der Waals surface area (Å²) in [7, 11) is -3.20. The molecule has 1 atom stereocenters. The third-order valence-corrected chi connectivity index (χ3v) is 9.43. The van der Waals surface area contributed by atoms with Crippen LogP contribution in [0.1, 0.15) is 52.2 Å². The van der Waals surface area contributed by atoms with Crippen molar-refractivity contribution in [3.63, 3.8) is 0 Å². The quantitative estimate of drug-likeness (QED) is 0.0771. The number of fused-ring (bicyclic) bond motifs is 1. The molecule has 1 aliphatic heterocycles. The SMILES string of the molecule is Cc1ccc(-c2cc(C(F)(F)F)nn2-c2ccc(S(=O)(=O)NC(=O)OC[C@H](CC(C)C)N(C)/[N+]([O-])=N/OCN3C(=O)c4ccccc4C3=O)cc2)cc1. The number of nitrogens with one attached hydrogen (secondary N) is 1. The first-order valence-electron chi connectivity index (χ1n) is 16.0. The summed E-state index contributed by atoms with van der Waals surface area (Å²) >= 11 is 0. The molecule has 15 nitrogen and oxygen atoms in total. The van der Waals surface area contributed by atoms with Crippen LogP contribution in [0.3, 0.4) is 0 Å².